The van der Waals surface area contributed by atoms with Gasteiger partial charge in [-0.15, -0.1) is 0 Å². The van der Waals surface area contributed by atoms with Gasteiger partial charge in [0, 0.05) is 23.4 Å². The van der Waals surface area contributed by atoms with E-state index >= 15 is 0 Å². The Morgan fingerprint density at radius 1 is 0.917 bits per heavy atom. The number of hydrogen-bond acceptors (Lipinski definition) is 5. The van der Waals surface area contributed by atoms with E-state index in [0.29, 0.717) is 12.3 Å². The van der Waals surface area contributed by atoms with Crippen molar-refractivity contribution in [3.8, 4) is 5.75 Å². The minimum Gasteiger partial charge on any atom is -0.492 e. The number of piperidine rings is 1. The summed E-state index contributed by atoms with van der Waals surface area (Å²) in [4.78, 5) is 30.3. The number of aromatic carboxylic acids is 1. The Balaban J connectivity index is 1.27. The Labute approximate surface area is 216 Å². The summed E-state index contributed by atoms with van der Waals surface area (Å²) in [5.41, 5.74) is 1.38. The molecule has 7 heteroatoms. The number of rotatable bonds is 10. The summed E-state index contributed by atoms with van der Waals surface area (Å²) in [7, 11) is 1.61. The normalized spacial score (nSPS) is 13.8. The molecular weight excluding hydrogens is 472 g/mol. The van der Waals surface area contributed by atoms with Gasteiger partial charge < -0.3 is 14.7 Å². The average Bonchev–Trinajstić information content (AvgIpc) is 2.91. The molecule has 1 aliphatic rings. The van der Waals surface area contributed by atoms with E-state index in [-0.39, 0.29) is 17.9 Å². The van der Waals surface area contributed by atoms with Gasteiger partial charge in [0.2, 0.25) is 5.91 Å². The topological polar surface area (TPSA) is 70.1 Å². The highest BCUT2D eigenvalue weighted by molar-refractivity contribution is 7.99. The molecule has 0 unspecified atom stereocenters. The van der Waals surface area contributed by atoms with E-state index in [1.807, 2.05) is 36.4 Å². The van der Waals surface area contributed by atoms with Crippen molar-refractivity contribution in [3.05, 3.63) is 83.9 Å². The van der Waals surface area contributed by atoms with E-state index in [1.165, 1.54) is 43.3 Å². The van der Waals surface area contributed by atoms with Crippen LogP contribution < -0.4 is 9.64 Å². The number of carbonyl (C=O) groups excluding carboxylic acids is 1. The molecular formula is C29H32N2O4S. The van der Waals surface area contributed by atoms with Gasteiger partial charge in [-0.05, 0) is 80.0 Å². The molecule has 1 saturated heterocycles. The molecule has 4 rings (SSSR count). The molecule has 0 aliphatic carbocycles. The SMILES string of the molecule is CN(C(=O)Cc1ccc(Sc2ccc(OCCN3CCCCC3)cc2)cc1)c1ccccc1C(=O)O. The second-order valence-corrected chi connectivity index (χ2v) is 10.1. The zero-order chi connectivity index (χ0) is 25.3. The minimum absolute atomic E-state index is 0.110. The number of nitrogens with zero attached hydrogens (tertiary/aromatic N) is 2. The first-order valence-corrected chi connectivity index (χ1v) is 13.1. The Kier molecular flexibility index (Phi) is 9.03. The first-order valence-electron chi connectivity index (χ1n) is 12.3. The van der Waals surface area contributed by atoms with E-state index in [4.69, 9.17) is 4.74 Å². The lowest BCUT2D eigenvalue weighted by molar-refractivity contribution is -0.117. The smallest absolute Gasteiger partial charge is 0.337 e. The molecule has 0 saturated carbocycles. The molecule has 1 fully saturated rings. The van der Waals surface area contributed by atoms with Crippen LogP contribution in [0, 0.1) is 0 Å². The summed E-state index contributed by atoms with van der Waals surface area (Å²) in [6, 6.07) is 22.6. The monoisotopic (exact) mass is 504 g/mol. The fourth-order valence-electron chi connectivity index (χ4n) is 4.27. The zero-order valence-electron chi connectivity index (χ0n) is 20.6. The fourth-order valence-corrected chi connectivity index (χ4v) is 5.08. The lowest BCUT2D eigenvalue weighted by Crippen LogP contribution is -2.33. The molecule has 1 aliphatic heterocycles. The third kappa shape index (κ3) is 7.12. The molecule has 1 N–H and O–H groups in total. The van der Waals surface area contributed by atoms with Crippen molar-refractivity contribution in [1.29, 1.82) is 0 Å². The predicted molar refractivity (Wildman–Crippen MR) is 143 cm³/mol. The molecule has 1 heterocycles. The zero-order valence-corrected chi connectivity index (χ0v) is 21.4. The fraction of sp³-hybridized carbons (Fsp3) is 0.310. The van der Waals surface area contributed by atoms with Crippen LogP contribution in [0.1, 0.15) is 35.2 Å². The van der Waals surface area contributed by atoms with Crippen molar-refractivity contribution >= 4 is 29.3 Å². The van der Waals surface area contributed by atoms with Crippen LogP contribution in [0.15, 0.2) is 82.6 Å². The van der Waals surface area contributed by atoms with Crippen molar-refractivity contribution in [3.63, 3.8) is 0 Å². The second kappa shape index (κ2) is 12.6. The van der Waals surface area contributed by atoms with Crippen LogP contribution in [-0.2, 0) is 11.2 Å². The molecule has 6 nitrogen and oxygen atoms in total. The molecule has 0 atom stereocenters. The number of carboxylic acids is 1. The second-order valence-electron chi connectivity index (χ2n) is 8.92. The molecule has 0 spiro atoms. The van der Waals surface area contributed by atoms with Crippen molar-refractivity contribution < 1.29 is 19.4 Å². The van der Waals surface area contributed by atoms with Gasteiger partial charge in [0.1, 0.15) is 12.4 Å². The standard InChI is InChI=1S/C29H32N2O4S/c1-30(27-8-4-3-7-26(27)29(33)34)28(32)21-22-9-13-24(14-10-22)36-25-15-11-23(12-16-25)35-20-19-31-17-5-2-6-18-31/h3-4,7-16H,2,5-6,17-21H2,1H3,(H,33,34). The molecule has 0 radical (unpaired) electrons. The molecule has 0 aromatic heterocycles. The number of carbonyl (C=O) groups is 2. The average molecular weight is 505 g/mol. The highest BCUT2D eigenvalue weighted by Crippen LogP contribution is 2.29. The maximum Gasteiger partial charge on any atom is 0.337 e. The number of hydrogen-bond donors (Lipinski definition) is 1. The van der Waals surface area contributed by atoms with Gasteiger partial charge in [0.25, 0.3) is 0 Å². The Hall–Kier alpha value is -3.29. The first kappa shape index (κ1) is 25.8. The van der Waals surface area contributed by atoms with Crippen LogP contribution >= 0.6 is 11.8 Å². The van der Waals surface area contributed by atoms with Crippen LogP contribution in [0.2, 0.25) is 0 Å². The highest BCUT2D eigenvalue weighted by atomic mass is 32.2. The molecule has 0 bridgehead atoms. The van der Waals surface area contributed by atoms with E-state index in [0.717, 1.165) is 27.6 Å². The quantitative estimate of drug-likeness (QED) is 0.387. The number of likely N-dealkylation sites (tertiary alicyclic amines) is 1. The number of carboxylic acid groups (broad SMARTS) is 1. The Morgan fingerprint density at radius 3 is 2.22 bits per heavy atom. The lowest BCUT2D eigenvalue weighted by atomic mass is 10.1. The van der Waals surface area contributed by atoms with Gasteiger partial charge in [-0.2, -0.15) is 0 Å². The van der Waals surface area contributed by atoms with Crippen LogP contribution in [0.4, 0.5) is 5.69 Å². The Bertz CT molecular complexity index is 1160. The summed E-state index contributed by atoms with van der Waals surface area (Å²) in [6.45, 7) is 4.06. The maximum absolute atomic E-state index is 12.8. The van der Waals surface area contributed by atoms with Crippen molar-refractivity contribution in [2.24, 2.45) is 0 Å². The number of likely N-dealkylation sites (N-methyl/N-ethyl adjacent to an activating group) is 1. The van der Waals surface area contributed by atoms with Gasteiger partial charge in [0.05, 0.1) is 17.7 Å². The van der Waals surface area contributed by atoms with Gasteiger partial charge in [-0.3, -0.25) is 9.69 Å². The summed E-state index contributed by atoms with van der Waals surface area (Å²) >= 11 is 1.65. The molecule has 1 amide bonds. The van der Waals surface area contributed by atoms with Gasteiger partial charge in [-0.25, -0.2) is 4.79 Å². The maximum atomic E-state index is 12.8. The van der Waals surface area contributed by atoms with Crippen molar-refractivity contribution in [2.45, 2.75) is 35.5 Å². The molecule has 3 aromatic carbocycles. The van der Waals surface area contributed by atoms with E-state index < -0.39 is 5.97 Å². The summed E-state index contributed by atoms with van der Waals surface area (Å²) in [6.07, 6.45) is 4.13. The van der Waals surface area contributed by atoms with Crippen LogP contribution in [0.3, 0.4) is 0 Å². The number of amides is 1. The van der Waals surface area contributed by atoms with E-state index in [9.17, 15) is 14.7 Å². The molecule has 3 aromatic rings. The summed E-state index contributed by atoms with van der Waals surface area (Å²) in [5, 5.41) is 9.39. The Morgan fingerprint density at radius 2 is 1.56 bits per heavy atom. The van der Waals surface area contributed by atoms with Crippen LogP contribution in [0.5, 0.6) is 5.75 Å². The van der Waals surface area contributed by atoms with E-state index in [1.54, 1.807) is 37.0 Å². The predicted octanol–water partition coefficient (Wildman–Crippen LogP) is 5.61. The van der Waals surface area contributed by atoms with E-state index in [2.05, 4.69) is 17.0 Å². The van der Waals surface area contributed by atoms with Crippen LogP contribution in [-0.4, -0.2) is 55.2 Å². The number of anilines is 1. The number of para-hydroxylation sites is 1. The van der Waals surface area contributed by atoms with Gasteiger partial charge >= 0.3 is 5.97 Å². The van der Waals surface area contributed by atoms with Crippen molar-refractivity contribution in [2.75, 3.05) is 38.2 Å². The molecule has 36 heavy (non-hydrogen) atoms. The summed E-state index contributed by atoms with van der Waals surface area (Å²) < 4.78 is 5.92. The van der Waals surface area contributed by atoms with Crippen molar-refractivity contribution in [1.82, 2.24) is 4.90 Å². The van der Waals surface area contributed by atoms with Crippen LogP contribution in [0.25, 0.3) is 0 Å². The molecule has 188 valence electrons. The lowest BCUT2D eigenvalue weighted by Gasteiger charge is -2.26. The van der Waals surface area contributed by atoms with Gasteiger partial charge in [0.15, 0.2) is 0 Å². The number of benzene rings is 3. The number of ether oxygens (including phenoxy) is 1. The highest BCUT2D eigenvalue weighted by Gasteiger charge is 2.18. The summed E-state index contributed by atoms with van der Waals surface area (Å²) in [5.74, 6) is -0.331. The minimum atomic E-state index is -1.05. The first-order chi connectivity index (χ1) is 17.5. The largest absolute Gasteiger partial charge is 0.492 e. The third-order valence-corrected chi connectivity index (χ3v) is 7.35. The third-order valence-electron chi connectivity index (χ3n) is 6.33. The van der Waals surface area contributed by atoms with Gasteiger partial charge in [-0.1, -0.05) is 42.4 Å².